The molecular weight excluding hydrogens is 360 g/mol. The highest BCUT2D eigenvalue weighted by atomic mass is 32.2. The van der Waals surface area contributed by atoms with Crippen LogP contribution in [0.25, 0.3) is 0 Å². The summed E-state index contributed by atoms with van der Waals surface area (Å²) in [5.74, 6) is 1.19. The molecule has 0 saturated carbocycles. The van der Waals surface area contributed by atoms with Gasteiger partial charge in [0.05, 0.1) is 24.8 Å². The van der Waals surface area contributed by atoms with Crippen molar-refractivity contribution in [3.63, 3.8) is 0 Å². The number of ether oxygens (including phenoxy) is 1. The zero-order chi connectivity index (χ0) is 18.8. The summed E-state index contributed by atoms with van der Waals surface area (Å²) >= 11 is 1.83. The van der Waals surface area contributed by atoms with Crippen LogP contribution in [0.3, 0.4) is 0 Å². The van der Waals surface area contributed by atoms with Gasteiger partial charge in [0.2, 0.25) is 11.8 Å². The van der Waals surface area contributed by atoms with Crippen molar-refractivity contribution in [3.05, 3.63) is 54.1 Å². The lowest BCUT2D eigenvalue weighted by molar-refractivity contribution is -0.127. The van der Waals surface area contributed by atoms with E-state index in [2.05, 4.69) is 17.4 Å². The Balaban J connectivity index is 1.47. The third-order valence-corrected chi connectivity index (χ3v) is 6.27. The fourth-order valence-electron chi connectivity index (χ4n) is 3.75. The van der Waals surface area contributed by atoms with Crippen LogP contribution in [0.4, 0.5) is 5.69 Å². The molecule has 6 heteroatoms. The second-order valence-corrected chi connectivity index (χ2v) is 7.95. The van der Waals surface area contributed by atoms with Gasteiger partial charge in [-0.2, -0.15) is 0 Å². The van der Waals surface area contributed by atoms with Crippen LogP contribution in [-0.2, 0) is 9.59 Å². The maximum atomic E-state index is 12.9. The zero-order valence-electron chi connectivity index (χ0n) is 15.2. The molecule has 0 bridgehead atoms. The molecule has 0 spiro atoms. The number of fused-ring (bicyclic) bond motifs is 1. The molecule has 27 heavy (non-hydrogen) atoms. The van der Waals surface area contributed by atoms with Crippen molar-refractivity contribution in [2.45, 2.75) is 23.8 Å². The molecule has 4 rings (SSSR count). The molecule has 1 saturated heterocycles. The molecule has 0 radical (unpaired) electrons. The minimum atomic E-state index is -0.343. The number of amides is 2. The van der Waals surface area contributed by atoms with Crippen molar-refractivity contribution in [3.8, 4) is 5.75 Å². The van der Waals surface area contributed by atoms with Crippen LogP contribution in [0.1, 0.15) is 24.4 Å². The van der Waals surface area contributed by atoms with Crippen LogP contribution in [0, 0.1) is 5.92 Å². The smallest absolute Gasteiger partial charge is 0.227 e. The third-order valence-electron chi connectivity index (χ3n) is 5.15. The summed E-state index contributed by atoms with van der Waals surface area (Å²) in [6.07, 6.45) is 1.14. The van der Waals surface area contributed by atoms with Crippen molar-refractivity contribution in [2.24, 2.45) is 5.92 Å². The van der Waals surface area contributed by atoms with Gasteiger partial charge in [0, 0.05) is 23.6 Å². The Bertz CT molecular complexity index is 870. The number of hydrogen-bond acceptors (Lipinski definition) is 4. The van der Waals surface area contributed by atoms with E-state index in [0.29, 0.717) is 12.3 Å². The number of thioether (sulfide) groups is 1. The molecule has 2 aliphatic rings. The maximum Gasteiger partial charge on any atom is 0.227 e. The molecule has 0 unspecified atom stereocenters. The SMILES string of the molecule is COc1ccccc1N1C[C@@H](C(=O)N[C@H]2CCSc3ccccc32)CC1=O. The number of methoxy groups -OCH3 is 1. The Labute approximate surface area is 163 Å². The monoisotopic (exact) mass is 382 g/mol. The quantitative estimate of drug-likeness (QED) is 0.881. The first kappa shape index (κ1) is 17.9. The van der Waals surface area contributed by atoms with E-state index in [-0.39, 0.29) is 30.2 Å². The molecule has 140 valence electrons. The van der Waals surface area contributed by atoms with Crippen molar-refractivity contribution in [1.82, 2.24) is 5.32 Å². The topological polar surface area (TPSA) is 58.6 Å². The molecule has 0 aromatic heterocycles. The Morgan fingerprint density at radius 3 is 2.81 bits per heavy atom. The van der Waals surface area contributed by atoms with Gasteiger partial charge in [-0.3, -0.25) is 9.59 Å². The molecular formula is C21H22N2O3S. The fraction of sp³-hybridized carbons (Fsp3) is 0.333. The number of nitrogens with zero attached hydrogens (tertiary/aromatic N) is 1. The van der Waals surface area contributed by atoms with Crippen LogP contribution in [-0.4, -0.2) is 31.2 Å². The van der Waals surface area contributed by atoms with E-state index < -0.39 is 0 Å². The largest absolute Gasteiger partial charge is 0.495 e. The number of hydrogen-bond donors (Lipinski definition) is 1. The van der Waals surface area contributed by atoms with Crippen LogP contribution in [0.15, 0.2) is 53.4 Å². The first-order valence-electron chi connectivity index (χ1n) is 9.13. The lowest BCUT2D eigenvalue weighted by Gasteiger charge is -2.27. The summed E-state index contributed by atoms with van der Waals surface area (Å²) in [7, 11) is 1.59. The van der Waals surface area contributed by atoms with Gasteiger partial charge in [-0.1, -0.05) is 30.3 Å². The Morgan fingerprint density at radius 1 is 1.19 bits per heavy atom. The Hall–Kier alpha value is -2.47. The summed E-state index contributed by atoms with van der Waals surface area (Å²) in [6.45, 7) is 0.383. The molecule has 2 aromatic carbocycles. The van der Waals surface area contributed by atoms with Gasteiger partial charge in [0.25, 0.3) is 0 Å². The Morgan fingerprint density at radius 2 is 1.96 bits per heavy atom. The van der Waals surface area contributed by atoms with Crippen molar-refractivity contribution in [1.29, 1.82) is 0 Å². The molecule has 5 nitrogen and oxygen atoms in total. The number of benzene rings is 2. The second-order valence-electron chi connectivity index (χ2n) is 6.81. The van der Waals surface area contributed by atoms with Gasteiger partial charge >= 0.3 is 0 Å². The number of carbonyl (C=O) groups excluding carboxylic acids is 2. The predicted octanol–water partition coefficient (Wildman–Crippen LogP) is 3.40. The molecule has 0 aliphatic carbocycles. The summed E-state index contributed by atoms with van der Waals surface area (Å²) in [5, 5.41) is 3.18. The highest BCUT2D eigenvalue weighted by molar-refractivity contribution is 7.99. The average molecular weight is 382 g/mol. The Kier molecular flexibility index (Phi) is 5.07. The number of rotatable bonds is 4. The number of para-hydroxylation sites is 2. The molecule has 2 atom stereocenters. The van der Waals surface area contributed by atoms with Crippen LogP contribution in [0.2, 0.25) is 0 Å². The van der Waals surface area contributed by atoms with E-state index in [1.807, 2.05) is 48.2 Å². The van der Waals surface area contributed by atoms with E-state index in [0.717, 1.165) is 17.9 Å². The lowest BCUT2D eigenvalue weighted by Crippen LogP contribution is -2.36. The van der Waals surface area contributed by atoms with Gasteiger partial charge in [0.1, 0.15) is 5.75 Å². The van der Waals surface area contributed by atoms with E-state index in [1.165, 1.54) is 10.5 Å². The molecule has 2 amide bonds. The molecule has 2 heterocycles. The molecule has 2 aliphatic heterocycles. The van der Waals surface area contributed by atoms with Crippen molar-refractivity contribution >= 4 is 29.3 Å². The van der Waals surface area contributed by atoms with E-state index in [1.54, 1.807) is 12.0 Å². The van der Waals surface area contributed by atoms with Gasteiger partial charge in [-0.25, -0.2) is 0 Å². The maximum absolute atomic E-state index is 12.9. The fourth-order valence-corrected chi connectivity index (χ4v) is 4.88. The number of carbonyl (C=O) groups is 2. The highest BCUT2D eigenvalue weighted by Gasteiger charge is 2.37. The van der Waals surface area contributed by atoms with Gasteiger partial charge < -0.3 is 15.0 Å². The molecule has 2 aromatic rings. The second kappa shape index (κ2) is 7.64. The normalized spacial score (nSPS) is 21.7. The first-order chi connectivity index (χ1) is 13.2. The average Bonchev–Trinajstić information content (AvgIpc) is 3.10. The first-order valence-corrected chi connectivity index (χ1v) is 10.1. The summed E-state index contributed by atoms with van der Waals surface area (Å²) < 4.78 is 5.37. The van der Waals surface area contributed by atoms with Crippen molar-refractivity contribution in [2.75, 3.05) is 24.3 Å². The summed E-state index contributed by atoms with van der Waals surface area (Å²) in [6, 6.07) is 15.6. The zero-order valence-corrected chi connectivity index (χ0v) is 16.0. The van der Waals surface area contributed by atoms with E-state index >= 15 is 0 Å². The van der Waals surface area contributed by atoms with Crippen LogP contribution >= 0.6 is 11.8 Å². The number of anilines is 1. The van der Waals surface area contributed by atoms with E-state index in [4.69, 9.17) is 4.74 Å². The standard InChI is InChI=1S/C21H22N2O3S/c1-26-18-8-4-3-7-17(18)23-13-14(12-20(23)24)21(25)22-16-10-11-27-19-9-5-2-6-15(16)19/h2-9,14,16H,10-13H2,1H3,(H,22,25)/t14-,16-/m0/s1. The van der Waals surface area contributed by atoms with Crippen LogP contribution in [0.5, 0.6) is 5.75 Å². The summed E-state index contributed by atoms with van der Waals surface area (Å²) in [4.78, 5) is 28.3. The van der Waals surface area contributed by atoms with Crippen molar-refractivity contribution < 1.29 is 14.3 Å². The molecule has 1 N–H and O–H groups in total. The third kappa shape index (κ3) is 3.54. The lowest BCUT2D eigenvalue weighted by atomic mass is 10.0. The molecule has 1 fully saturated rings. The van der Waals surface area contributed by atoms with E-state index in [9.17, 15) is 9.59 Å². The van der Waals surface area contributed by atoms with Gasteiger partial charge in [0.15, 0.2) is 0 Å². The predicted molar refractivity (Wildman–Crippen MR) is 106 cm³/mol. The van der Waals surface area contributed by atoms with Gasteiger partial charge in [-0.15, -0.1) is 11.8 Å². The minimum Gasteiger partial charge on any atom is -0.495 e. The minimum absolute atomic E-state index is 0.0189. The van der Waals surface area contributed by atoms with Crippen LogP contribution < -0.4 is 15.0 Å². The highest BCUT2D eigenvalue weighted by Crippen LogP contribution is 2.37. The number of nitrogens with one attached hydrogen (secondary N) is 1. The summed E-state index contributed by atoms with van der Waals surface area (Å²) in [5.41, 5.74) is 1.90. The van der Waals surface area contributed by atoms with Gasteiger partial charge in [-0.05, 0) is 30.2 Å².